The fourth-order valence-electron chi connectivity index (χ4n) is 1.62. The minimum Gasteiger partial charge on any atom is -0.215 e. The van der Waals surface area contributed by atoms with Crippen LogP contribution < -0.4 is 4.72 Å². The molecule has 0 heterocycles. The van der Waals surface area contributed by atoms with E-state index < -0.39 is 10.0 Å². The zero-order valence-corrected chi connectivity index (χ0v) is 11.0. The molecule has 0 aliphatic carbocycles. The Morgan fingerprint density at radius 2 is 2.06 bits per heavy atom. The van der Waals surface area contributed by atoms with E-state index in [0.717, 1.165) is 11.1 Å². The van der Waals surface area contributed by atoms with Crippen molar-refractivity contribution >= 4 is 10.0 Å². The van der Waals surface area contributed by atoms with Gasteiger partial charge in [0.2, 0.25) is 10.0 Å². The second kappa shape index (κ2) is 6.12. The van der Waals surface area contributed by atoms with Gasteiger partial charge in [-0.3, -0.25) is 0 Å². The Kier molecular flexibility index (Phi) is 5.08. The molecular formula is C12H18FNO2S. The summed E-state index contributed by atoms with van der Waals surface area (Å²) in [6.45, 7) is 4.00. The SMILES string of the molecule is CCCS(=O)(=O)NCCc1ccc(F)cc1C. The molecule has 0 aliphatic heterocycles. The molecule has 17 heavy (non-hydrogen) atoms. The van der Waals surface area contributed by atoms with Crippen LogP contribution in [0.5, 0.6) is 0 Å². The fourth-order valence-corrected chi connectivity index (χ4v) is 2.72. The molecule has 0 spiro atoms. The van der Waals surface area contributed by atoms with Crippen LogP contribution in [0.15, 0.2) is 18.2 Å². The first-order chi connectivity index (χ1) is 7.94. The van der Waals surface area contributed by atoms with Crippen molar-refractivity contribution in [1.82, 2.24) is 4.72 Å². The molecule has 0 radical (unpaired) electrons. The van der Waals surface area contributed by atoms with Gasteiger partial charge in [-0.2, -0.15) is 0 Å². The van der Waals surface area contributed by atoms with E-state index in [4.69, 9.17) is 0 Å². The second-order valence-electron chi connectivity index (χ2n) is 4.03. The van der Waals surface area contributed by atoms with Gasteiger partial charge in [-0.1, -0.05) is 13.0 Å². The van der Waals surface area contributed by atoms with Gasteiger partial charge in [-0.25, -0.2) is 17.5 Å². The molecule has 0 fully saturated rings. The lowest BCUT2D eigenvalue weighted by Crippen LogP contribution is -2.28. The zero-order chi connectivity index (χ0) is 12.9. The van der Waals surface area contributed by atoms with Gasteiger partial charge in [0.1, 0.15) is 5.82 Å². The maximum Gasteiger partial charge on any atom is 0.211 e. The number of halogens is 1. The van der Waals surface area contributed by atoms with E-state index in [9.17, 15) is 12.8 Å². The fraction of sp³-hybridized carbons (Fsp3) is 0.500. The predicted octanol–water partition coefficient (Wildman–Crippen LogP) is 2.01. The molecule has 0 saturated carbocycles. The number of nitrogens with one attached hydrogen (secondary N) is 1. The molecule has 0 bridgehead atoms. The molecule has 0 aliphatic rings. The first-order valence-electron chi connectivity index (χ1n) is 5.67. The normalized spacial score (nSPS) is 11.7. The zero-order valence-electron chi connectivity index (χ0n) is 10.2. The summed E-state index contributed by atoms with van der Waals surface area (Å²) >= 11 is 0. The van der Waals surface area contributed by atoms with Crippen molar-refractivity contribution in [3.63, 3.8) is 0 Å². The summed E-state index contributed by atoms with van der Waals surface area (Å²) in [5, 5.41) is 0. The summed E-state index contributed by atoms with van der Waals surface area (Å²) in [6.07, 6.45) is 1.18. The first-order valence-corrected chi connectivity index (χ1v) is 7.32. The number of sulfonamides is 1. The van der Waals surface area contributed by atoms with Gasteiger partial charge in [-0.15, -0.1) is 0 Å². The van der Waals surface area contributed by atoms with E-state index in [1.165, 1.54) is 12.1 Å². The third kappa shape index (κ3) is 4.83. The average molecular weight is 259 g/mol. The van der Waals surface area contributed by atoms with E-state index >= 15 is 0 Å². The summed E-state index contributed by atoms with van der Waals surface area (Å²) in [7, 11) is -3.15. The van der Waals surface area contributed by atoms with Crippen LogP contribution in [0.4, 0.5) is 4.39 Å². The lowest BCUT2D eigenvalue weighted by Gasteiger charge is -2.07. The molecule has 1 rings (SSSR count). The molecule has 0 atom stereocenters. The highest BCUT2D eigenvalue weighted by Gasteiger charge is 2.08. The number of benzene rings is 1. The van der Waals surface area contributed by atoms with Gasteiger partial charge in [-0.05, 0) is 43.0 Å². The average Bonchev–Trinajstić information content (AvgIpc) is 2.21. The van der Waals surface area contributed by atoms with E-state index in [0.29, 0.717) is 19.4 Å². The Morgan fingerprint density at radius 1 is 1.35 bits per heavy atom. The quantitative estimate of drug-likeness (QED) is 0.849. The van der Waals surface area contributed by atoms with Crippen LogP contribution in [0.1, 0.15) is 24.5 Å². The minimum atomic E-state index is -3.15. The van der Waals surface area contributed by atoms with Crippen LogP contribution in [0, 0.1) is 12.7 Å². The molecule has 3 nitrogen and oxygen atoms in total. The van der Waals surface area contributed by atoms with Crippen LogP contribution in [0.25, 0.3) is 0 Å². The predicted molar refractivity (Wildman–Crippen MR) is 66.9 cm³/mol. The molecule has 5 heteroatoms. The molecule has 96 valence electrons. The summed E-state index contributed by atoms with van der Waals surface area (Å²) in [4.78, 5) is 0. The Bertz CT molecular complexity index is 471. The van der Waals surface area contributed by atoms with Crippen LogP contribution in [0.2, 0.25) is 0 Å². The largest absolute Gasteiger partial charge is 0.215 e. The van der Waals surface area contributed by atoms with Gasteiger partial charge in [0, 0.05) is 6.54 Å². The van der Waals surface area contributed by atoms with Crippen molar-refractivity contribution in [2.75, 3.05) is 12.3 Å². The smallest absolute Gasteiger partial charge is 0.211 e. The van der Waals surface area contributed by atoms with Crippen LogP contribution in [0.3, 0.4) is 0 Å². The minimum absolute atomic E-state index is 0.148. The summed E-state index contributed by atoms with van der Waals surface area (Å²) in [5.74, 6) is -0.118. The van der Waals surface area contributed by atoms with Gasteiger partial charge in [0.25, 0.3) is 0 Å². The summed E-state index contributed by atoms with van der Waals surface area (Å²) in [6, 6.07) is 4.54. The number of aryl methyl sites for hydroxylation is 1. The third-order valence-electron chi connectivity index (χ3n) is 2.49. The van der Waals surface area contributed by atoms with Crippen LogP contribution >= 0.6 is 0 Å². The van der Waals surface area contributed by atoms with Crippen molar-refractivity contribution in [3.8, 4) is 0 Å². The highest BCUT2D eigenvalue weighted by molar-refractivity contribution is 7.89. The van der Waals surface area contributed by atoms with Crippen LogP contribution in [-0.4, -0.2) is 20.7 Å². The van der Waals surface area contributed by atoms with Crippen LogP contribution in [-0.2, 0) is 16.4 Å². The van der Waals surface area contributed by atoms with E-state index in [-0.39, 0.29) is 11.6 Å². The topological polar surface area (TPSA) is 46.2 Å². The maximum atomic E-state index is 12.8. The lowest BCUT2D eigenvalue weighted by atomic mass is 10.1. The molecule has 0 unspecified atom stereocenters. The van der Waals surface area contributed by atoms with Crippen molar-refractivity contribution in [2.24, 2.45) is 0 Å². The molecule has 0 amide bonds. The molecule has 1 N–H and O–H groups in total. The van der Waals surface area contributed by atoms with Crippen molar-refractivity contribution in [1.29, 1.82) is 0 Å². The monoisotopic (exact) mass is 259 g/mol. The molecular weight excluding hydrogens is 241 g/mol. The molecule has 0 aromatic heterocycles. The maximum absolute atomic E-state index is 12.8. The number of rotatable bonds is 6. The van der Waals surface area contributed by atoms with Gasteiger partial charge in [0.15, 0.2) is 0 Å². The molecule has 1 aromatic rings. The van der Waals surface area contributed by atoms with Crippen molar-refractivity contribution in [2.45, 2.75) is 26.7 Å². The van der Waals surface area contributed by atoms with Gasteiger partial charge < -0.3 is 0 Å². The summed E-state index contributed by atoms with van der Waals surface area (Å²) < 4.78 is 38.2. The Hall–Kier alpha value is -0.940. The standard InChI is InChI=1S/C12H18FNO2S/c1-3-8-17(15,16)14-7-6-11-4-5-12(13)9-10(11)2/h4-5,9,14H,3,6-8H2,1-2H3. The Morgan fingerprint density at radius 3 is 2.65 bits per heavy atom. The molecule has 0 saturated heterocycles. The number of hydrogen-bond acceptors (Lipinski definition) is 2. The lowest BCUT2D eigenvalue weighted by molar-refractivity contribution is 0.580. The summed E-state index contributed by atoms with van der Waals surface area (Å²) in [5.41, 5.74) is 1.81. The van der Waals surface area contributed by atoms with Crippen molar-refractivity contribution < 1.29 is 12.8 Å². The van der Waals surface area contributed by atoms with E-state index in [1.54, 1.807) is 6.07 Å². The highest BCUT2D eigenvalue weighted by atomic mass is 32.2. The van der Waals surface area contributed by atoms with Gasteiger partial charge in [0.05, 0.1) is 5.75 Å². The van der Waals surface area contributed by atoms with E-state index in [2.05, 4.69) is 4.72 Å². The first kappa shape index (κ1) is 14.1. The van der Waals surface area contributed by atoms with Gasteiger partial charge >= 0.3 is 0 Å². The Balaban J connectivity index is 2.51. The third-order valence-corrected chi connectivity index (χ3v) is 4.08. The van der Waals surface area contributed by atoms with Crippen molar-refractivity contribution in [3.05, 3.63) is 35.1 Å². The molecule has 1 aromatic carbocycles. The second-order valence-corrected chi connectivity index (χ2v) is 5.96. The van der Waals surface area contributed by atoms with E-state index in [1.807, 2.05) is 13.8 Å². The highest BCUT2D eigenvalue weighted by Crippen LogP contribution is 2.10. The Labute approximate surface area is 102 Å². The number of hydrogen-bond donors (Lipinski definition) is 1.